The minimum absolute atomic E-state index is 0.140. The van der Waals surface area contributed by atoms with Gasteiger partial charge < -0.3 is 9.64 Å². The van der Waals surface area contributed by atoms with E-state index >= 15 is 0 Å². The molecule has 0 spiro atoms. The third-order valence-corrected chi connectivity index (χ3v) is 3.23. The molecule has 1 amide bonds. The summed E-state index contributed by atoms with van der Waals surface area (Å²) in [6.07, 6.45) is 8.91. The fourth-order valence-electron chi connectivity index (χ4n) is 2.13. The van der Waals surface area contributed by atoms with Crippen LogP contribution >= 0.6 is 0 Å². The van der Waals surface area contributed by atoms with Crippen LogP contribution in [0.25, 0.3) is 0 Å². The number of amides is 1. The molecule has 1 aliphatic rings. The van der Waals surface area contributed by atoms with Crippen LogP contribution in [0.2, 0.25) is 0 Å². The zero-order valence-electron chi connectivity index (χ0n) is 12.5. The molecule has 0 aromatic rings. The third-order valence-electron chi connectivity index (χ3n) is 3.23. The highest BCUT2D eigenvalue weighted by atomic mass is 16.6. The molecule has 0 saturated carbocycles. The molecule has 3 nitrogen and oxygen atoms in total. The molecule has 1 atom stereocenters. The van der Waals surface area contributed by atoms with E-state index in [1.807, 2.05) is 25.7 Å². The second-order valence-corrected chi connectivity index (χ2v) is 6.34. The number of hydrogen-bond donors (Lipinski definition) is 0. The first-order chi connectivity index (χ1) is 8.44. The number of carbonyl (C=O) groups is 1. The van der Waals surface area contributed by atoms with Crippen LogP contribution < -0.4 is 0 Å². The Balaban J connectivity index is 2.02. The van der Waals surface area contributed by atoms with Gasteiger partial charge >= 0.3 is 6.09 Å². The van der Waals surface area contributed by atoms with Crippen LogP contribution in [0, 0.1) is 0 Å². The maximum Gasteiger partial charge on any atom is 0.410 e. The van der Waals surface area contributed by atoms with Gasteiger partial charge in [0.25, 0.3) is 0 Å². The van der Waals surface area contributed by atoms with Gasteiger partial charge in [0.1, 0.15) is 5.60 Å². The number of unbranched alkanes of at least 4 members (excludes halogenated alkanes) is 5. The Morgan fingerprint density at radius 3 is 2.39 bits per heavy atom. The summed E-state index contributed by atoms with van der Waals surface area (Å²) in [5.41, 5.74) is -0.371. The van der Waals surface area contributed by atoms with Crippen LogP contribution in [0.4, 0.5) is 4.79 Å². The second-order valence-electron chi connectivity index (χ2n) is 6.34. The van der Waals surface area contributed by atoms with Crippen molar-refractivity contribution in [2.45, 2.75) is 84.3 Å². The molecule has 0 aromatic heterocycles. The summed E-state index contributed by atoms with van der Waals surface area (Å²) in [7, 11) is 0. The molecule has 18 heavy (non-hydrogen) atoms. The van der Waals surface area contributed by atoms with E-state index in [1.165, 1.54) is 38.5 Å². The summed E-state index contributed by atoms with van der Waals surface area (Å²) in [4.78, 5) is 13.6. The quantitative estimate of drug-likeness (QED) is 0.500. The van der Waals surface area contributed by atoms with Gasteiger partial charge in [-0.3, -0.25) is 0 Å². The van der Waals surface area contributed by atoms with Crippen molar-refractivity contribution in [1.82, 2.24) is 4.90 Å². The normalized spacial score (nSPS) is 18.9. The third kappa shape index (κ3) is 6.27. The highest BCUT2D eigenvalue weighted by molar-refractivity contribution is 5.71. The Morgan fingerprint density at radius 1 is 1.17 bits per heavy atom. The summed E-state index contributed by atoms with van der Waals surface area (Å²) < 4.78 is 5.34. The molecule has 1 heterocycles. The number of rotatable bonds is 7. The molecule has 0 radical (unpaired) electrons. The molecule has 1 fully saturated rings. The minimum Gasteiger partial charge on any atom is -0.444 e. The van der Waals surface area contributed by atoms with Crippen molar-refractivity contribution >= 4 is 6.09 Å². The van der Waals surface area contributed by atoms with Gasteiger partial charge in [0.15, 0.2) is 0 Å². The predicted molar refractivity (Wildman–Crippen MR) is 74.7 cm³/mol. The van der Waals surface area contributed by atoms with Gasteiger partial charge in [-0.2, -0.15) is 0 Å². The first-order valence-electron chi connectivity index (χ1n) is 7.43. The number of carbonyl (C=O) groups excluding carboxylic acids is 1. The minimum atomic E-state index is -0.371. The van der Waals surface area contributed by atoms with Gasteiger partial charge in [0, 0.05) is 6.54 Å². The maximum absolute atomic E-state index is 11.7. The van der Waals surface area contributed by atoms with Crippen molar-refractivity contribution in [3.05, 3.63) is 0 Å². The molecule has 1 aliphatic heterocycles. The SMILES string of the molecule is CCCCCCCCC1CN1C(=O)OC(C)(C)C. The van der Waals surface area contributed by atoms with E-state index in [-0.39, 0.29) is 11.7 Å². The first kappa shape index (κ1) is 15.3. The van der Waals surface area contributed by atoms with Crippen LogP contribution in [-0.4, -0.2) is 29.2 Å². The molecule has 1 unspecified atom stereocenters. The zero-order chi connectivity index (χ0) is 13.6. The van der Waals surface area contributed by atoms with Crippen molar-refractivity contribution < 1.29 is 9.53 Å². The van der Waals surface area contributed by atoms with Crippen molar-refractivity contribution in [2.75, 3.05) is 6.54 Å². The predicted octanol–water partition coefficient (Wildman–Crippen LogP) is 4.36. The Labute approximate surface area is 112 Å². The molecule has 0 N–H and O–H groups in total. The van der Waals surface area contributed by atoms with Gasteiger partial charge in [0.2, 0.25) is 0 Å². The van der Waals surface area contributed by atoms with Crippen molar-refractivity contribution in [3.63, 3.8) is 0 Å². The molecule has 0 bridgehead atoms. The van der Waals surface area contributed by atoms with Crippen LogP contribution in [-0.2, 0) is 4.74 Å². The summed E-state index contributed by atoms with van der Waals surface area (Å²) in [6.45, 7) is 8.87. The van der Waals surface area contributed by atoms with Gasteiger partial charge in [-0.1, -0.05) is 45.4 Å². The van der Waals surface area contributed by atoms with E-state index in [0.29, 0.717) is 6.04 Å². The molecule has 106 valence electrons. The largest absolute Gasteiger partial charge is 0.444 e. The van der Waals surface area contributed by atoms with E-state index in [4.69, 9.17) is 4.74 Å². The monoisotopic (exact) mass is 255 g/mol. The Hall–Kier alpha value is -0.730. The summed E-state index contributed by atoms with van der Waals surface area (Å²) in [5.74, 6) is 0. The summed E-state index contributed by atoms with van der Waals surface area (Å²) in [6, 6.07) is 0.450. The number of nitrogens with zero attached hydrogens (tertiary/aromatic N) is 1. The Morgan fingerprint density at radius 2 is 1.78 bits per heavy atom. The molecule has 1 rings (SSSR count). The van der Waals surface area contributed by atoms with E-state index in [1.54, 1.807) is 0 Å². The van der Waals surface area contributed by atoms with Crippen molar-refractivity contribution in [3.8, 4) is 0 Å². The molecule has 0 aliphatic carbocycles. The lowest BCUT2D eigenvalue weighted by atomic mass is 10.1. The van der Waals surface area contributed by atoms with Crippen molar-refractivity contribution in [2.24, 2.45) is 0 Å². The average molecular weight is 255 g/mol. The molecule has 3 heteroatoms. The zero-order valence-corrected chi connectivity index (χ0v) is 12.5. The highest BCUT2D eigenvalue weighted by Gasteiger charge is 2.40. The molecule has 0 aromatic carbocycles. The smallest absolute Gasteiger partial charge is 0.410 e. The topological polar surface area (TPSA) is 29.3 Å². The van der Waals surface area contributed by atoms with E-state index in [2.05, 4.69) is 6.92 Å². The molecule has 1 saturated heterocycles. The Bertz CT molecular complexity index is 258. The fourth-order valence-corrected chi connectivity index (χ4v) is 2.13. The maximum atomic E-state index is 11.7. The molecular formula is C15H29NO2. The van der Waals surface area contributed by atoms with Gasteiger partial charge in [0.05, 0.1) is 6.04 Å². The highest BCUT2D eigenvalue weighted by Crippen LogP contribution is 2.26. The Kier molecular flexibility index (Phi) is 5.97. The van der Waals surface area contributed by atoms with Gasteiger partial charge in [-0.15, -0.1) is 0 Å². The van der Waals surface area contributed by atoms with Crippen LogP contribution in [0.3, 0.4) is 0 Å². The summed E-state index contributed by atoms with van der Waals surface area (Å²) >= 11 is 0. The molecular weight excluding hydrogens is 226 g/mol. The fraction of sp³-hybridized carbons (Fsp3) is 0.933. The lowest BCUT2D eigenvalue weighted by Crippen LogP contribution is -2.27. The second kappa shape index (κ2) is 7.01. The number of ether oxygens (including phenoxy) is 1. The lowest BCUT2D eigenvalue weighted by molar-refractivity contribution is 0.0405. The van der Waals surface area contributed by atoms with Crippen molar-refractivity contribution in [1.29, 1.82) is 0 Å². The standard InChI is InChI=1S/C15H29NO2/c1-5-6-7-8-9-10-11-13-12-16(13)14(17)18-15(2,3)4/h13H,5-12H2,1-4H3. The van der Waals surface area contributed by atoms with Crippen LogP contribution in [0.5, 0.6) is 0 Å². The van der Waals surface area contributed by atoms with Crippen LogP contribution in [0.15, 0.2) is 0 Å². The van der Waals surface area contributed by atoms with Gasteiger partial charge in [-0.05, 0) is 27.2 Å². The van der Waals surface area contributed by atoms with E-state index in [9.17, 15) is 4.79 Å². The van der Waals surface area contributed by atoms with Crippen LogP contribution in [0.1, 0.15) is 72.6 Å². The lowest BCUT2D eigenvalue weighted by Gasteiger charge is -2.19. The first-order valence-corrected chi connectivity index (χ1v) is 7.43. The van der Waals surface area contributed by atoms with E-state index < -0.39 is 0 Å². The average Bonchev–Trinajstić information content (AvgIpc) is 3.00. The summed E-state index contributed by atoms with van der Waals surface area (Å²) in [5, 5.41) is 0. The van der Waals surface area contributed by atoms with Gasteiger partial charge in [-0.25, -0.2) is 4.79 Å². The number of hydrogen-bond acceptors (Lipinski definition) is 2. The van der Waals surface area contributed by atoms with E-state index in [0.717, 1.165) is 13.0 Å².